The highest BCUT2D eigenvalue weighted by atomic mass is 16.5. The number of methoxy groups -OCH3 is 2. The van der Waals surface area contributed by atoms with E-state index in [0.29, 0.717) is 0 Å². The van der Waals surface area contributed by atoms with Gasteiger partial charge in [-0.3, -0.25) is 0 Å². The number of benzene rings is 1. The van der Waals surface area contributed by atoms with Crippen molar-refractivity contribution < 1.29 is 14.2 Å². The number of hydrogen-bond acceptors (Lipinski definition) is 4. The maximum atomic E-state index is 5.58. The van der Waals surface area contributed by atoms with E-state index in [1.807, 2.05) is 6.07 Å². The molecule has 0 saturated heterocycles. The third-order valence-electron chi connectivity index (χ3n) is 2.90. The molecule has 108 valence electrons. The van der Waals surface area contributed by atoms with Gasteiger partial charge in [0.05, 0.1) is 26.9 Å². The molecule has 19 heavy (non-hydrogen) atoms. The predicted molar refractivity (Wildman–Crippen MR) is 77.0 cm³/mol. The second kappa shape index (κ2) is 9.78. The molecule has 0 bridgehead atoms. The third-order valence-corrected chi connectivity index (χ3v) is 2.90. The summed E-state index contributed by atoms with van der Waals surface area (Å²) in [6, 6.07) is 6.25. The topological polar surface area (TPSA) is 39.7 Å². The molecule has 1 aromatic rings. The average Bonchev–Trinajstić information content (AvgIpc) is 2.42. The molecule has 0 fully saturated rings. The molecular formula is C15H25NO3. The summed E-state index contributed by atoms with van der Waals surface area (Å²) in [5.74, 6) is 0.937. The lowest BCUT2D eigenvalue weighted by atomic mass is 10.1. The Hall–Kier alpha value is -1.10. The van der Waals surface area contributed by atoms with Gasteiger partial charge in [0.2, 0.25) is 0 Å². The van der Waals surface area contributed by atoms with Crippen molar-refractivity contribution in [3.05, 3.63) is 29.3 Å². The Labute approximate surface area is 116 Å². The molecule has 1 aromatic carbocycles. The van der Waals surface area contributed by atoms with Crippen LogP contribution in [0.15, 0.2) is 18.2 Å². The van der Waals surface area contributed by atoms with Crippen LogP contribution in [-0.2, 0) is 15.9 Å². The van der Waals surface area contributed by atoms with Gasteiger partial charge in [0.1, 0.15) is 5.75 Å². The predicted octanol–water partition coefficient (Wildman–Crippen LogP) is 1.80. The van der Waals surface area contributed by atoms with E-state index in [0.717, 1.165) is 45.1 Å². The maximum Gasteiger partial charge on any atom is 0.121 e. The van der Waals surface area contributed by atoms with Crippen molar-refractivity contribution in [2.75, 3.05) is 47.1 Å². The van der Waals surface area contributed by atoms with Gasteiger partial charge in [-0.2, -0.15) is 0 Å². The molecule has 1 N–H and O–H groups in total. The summed E-state index contributed by atoms with van der Waals surface area (Å²) < 4.78 is 15.8. The number of aryl methyl sites for hydroxylation is 1. The van der Waals surface area contributed by atoms with E-state index in [9.17, 15) is 0 Å². The summed E-state index contributed by atoms with van der Waals surface area (Å²) in [6.07, 6.45) is 0.933. The molecule has 0 saturated carbocycles. The Kier molecular flexibility index (Phi) is 8.21. The van der Waals surface area contributed by atoms with Crippen molar-refractivity contribution in [2.45, 2.75) is 13.3 Å². The van der Waals surface area contributed by atoms with E-state index in [2.05, 4.69) is 24.4 Å². The monoisotopic (exact) mass is 267 g/mol. The van der Waals surface area contributed by atoms with Crippen molar-refractivity contribution in [2.24, 2.45) is 0 Å². The first kappa shape index (κ1) is 16.0. The molecule has 0 radical (unpaired) electrons. The standard InChI is InChI=1S/C15H25NO3/c1-13-12-14(4-5-15(13)18-3)6-9-19-11-8-16-7-10-17-2/h4-5,12,16H,6-11H2,1-3H3. The highest BCUT2D eigenvalue weighted by Crippen LogP contribution is 2.18. The first-order valence-electron chi connectivity index (χ1n) is 6.69. The lowest BCUT2D eigenvalue weighted by Gasteiger charge is -2.08. The molecular weight excluding hydrogens is 242 g/mol. The van der Waals surface area contributed by atoms with E-state index < -0.39 is 0 Å². The maximum absolute atomic E-state index is 5.58. The van der Waals surface area contributed by atoms with Gasteiger partial charge < -0.3 is 19.5 Å². The fourth-order valence-electron chi connectivity index (χ4n) is 1.83. The van der Waals surface area contributed by atoms with Crippen LogP contribution < -0.4 is 10.1 Å². The van der Waals surface area contributed by atoms with Gasteiger partial charge in [-0.05, 0) is 30.5 Å². The number of hydrogen-bond donors (Lipinski definition) is 1. The smallest absolute Gasteiger partial charge is 0.121 e. The van der Waals surface area contributed by atoms with Gasteiger partial charge in [-0.15, -0.1) is 0 Å². The van der Waals surface area contributed by atoms with E-state index in [4.69, 9.17) is 14.2 Å². The van der Waals surface area contributed by atoms with Crippen LogP contribution in [0.1, 0.15) is 11.1 Å². The Morgan fingerprint density at radius 2 is 1.84 bits per heavy atom. The number of rotatable bonds is 10. The van der Waals surface area contributed by atoms with Crippen molar-refractivity contribution in [3.8, 4) is 5.75 Å². The zero-order valence-corrected chi connectivity index (χ0v) is 12.2. The van der Waals surface area contributed by atoms with Crippen molar-refractivity contribution >= 4 is 0 Å². The van der Waals surface area contributed by atoms with Crippen LogP contribution in [0.2, 0.25) is 0 Å². The average molecular weight is 267 g/mol. The van der Waals surface area contributed by atoms with Crippen LogP contribution in [-0.4, -0.2) is 47.1 Å². The van der Waals surface area contributed by atoms with Crippen LogP contribution in [0, 0.1) is 6.92 Å². The molecule has 0 amide bonds. The first-order chi connectivity index (χ1) is 9.27. The molecule has 0 atom stereocenters. The summed E-state index contributed by atoms with van der Waals surface area (Å²) in [4.78, 5) is 0. The molecule has 0 aliphatic rings. The molecule has 0 spiro atoms. The van der Waals surface area contributed by atoms with Crippen LogP contribution in [0.25, 0.3) is 0 Å². The Morgan fingerprint density at radius 3 is 2.53 bits per heavy atom. The minimum absolute atomic E-state index is 0.735. The molecule has 0 unspecified atom stereocenters. The van der Waals surface area contributed by atoms with E-state index in [1.165, 1.54) is 11.1 Å². The fourth-order valence-corrected chi connectivity index (χ4v) is 1.83. The molecule has 0 aliphatic carbocycles. The summed E-state index contributed by atoms with van der Waals surface area (Å²) in [5.41, 5.74) is 2.45. The summed E-state index contributed by atoms with van der Waals surface area (Å²) in [7, 11) is 3.40. The molecule has 0 aromatic heterocycles. The molecule has 1 rings (SSSR count). The molecule has 4 nitrogen and oxygen atoms in total. The fraction of sp³-hybridized carbons (Fsp3) is 0.600. The van der Waals surface area contributed by atoms with Crippen molar-refractivity contribution in [1.82, 2.24) is 5.32 Å². The van der Waals surface area contributed by atoms with Crippen LogP contribution in [0.5, 0.6) is 5.75 Å². The minimum atomic E-state index is 0.735. The highest BCUT2D eigenvalue weighted by molar-refractivity contribution is 5.36. The lowest BCUT2D eigenvalue weighted by Crippen LogP contribution is -2.23. The molecule has 0 aliphatic heterocycles. The Morgan fingerprint density at radius 1 is 1.05 bits per heavy atom. The normalized spacial score (nSPS) is 10.7. The van der Waals surface area contributed by atoms with Crippen LogP contribution in [0.4, 0.5) is 0 Å². The zero-order chi connectivity index (χ0) is 13.9. The second-order valence-electron chi connectivity index (χ2n) is 4.41. The zero-order valence-electron chi connectivity index (χ0n) is 12.2. The van der Waals surface area contributed by atoms with Crippen LogP contribution >= 0.6 is 0 Å². The quantitative estimate of drug-likeness (QED) is 0.656. The highest BCUT2D eigenvalue weighted by Gasteiger charge is 2.00. The van der Waals surface area contributed by atoms with Gasteiger partial charge in [0.15, 0.2) is 0 Å². The Bertz CT molecular complexity index is 355. The molecule has 4 heteroatoms. The van der Waals surface area contributed by atoms with E-state index in [1.54, 1.807) is 14.2 Å². The number of nitrogens with one attached hydrogen (secondary N) is 1. The summed E-state index contributed by atoms with van der Waals surface area (Å²) in [5, 5.41) is 3.24. The first-order valence-corrected chi connectivity index (χ1v) is 6.69. The van der Waals surface area contributed by atoms with Gasteiger partial charge in [-0.25, -0.2) is 0 Å². The van der Waals surface area contributed by atoms with Gasteiger partial charge in [-0.1, -0.05) is 12.1 Å². The lowest BCUT2D eigenvalue weighted by molar-refractivity contribution is 0.135. The Balaban J connectivity index is 2.11. The van der Waals surface area contributed by atoms with Gasteiger partial charge >= 0.3 is 0 Å². The second-order valence-corrected chi connectivity index (χ2v) is 4.41. The summed E-state index contributed by atoms with van der Waals surface area (Å²) in [6.45, 7) is 6.02. The third kappa shape index (κ3) is 6.57. The minimum Gasteiger partial charge on any atom is -0.496 e. The van der Waals surface area contributed by atoms with Crippen molar-refractivity contribution in [3.63, 3.8) is 0 Å². The number of ether oxygens (including phenoxy) is 3. The van der Waals surface area contributed by atoms with Crippen LogP contribution in [0.3, 0.4) is 0 Å². The van der Waals surface area contributed by atoms with Crippen molar-refractivity contribution in [1.29, 1.82) is 0 Å². The summed E-state index contributed by atoms with van der Waals surface area (Å²) >= 11 is 0. The van der Waals surface area contributed by atoms with Gasteiger partial charge in [0.25, 0.3) is 0 Å². The largest absolute Gasteiger partial charge is 0.496 e. The van der Waals surface area contributed by atoms with E-state index >= 15 is 0 Å². The molecule has 0 heterocycles. The van der Waals surface area contributed by atoms with E-state index in [-0.39, 0.29) is 0 Å². The van der Waals surface area contributed by atoms with Gasteiger partial charge in [0, 0.05) is 20.2 Å². The SMILES string of the molecule is COCCNCCOCCc1ccc(OC)c(C)c1.